The Morgan fingerprint density at radius 2 is 1.89 bits per heavy atom. The average Bonchev–Trinajstić information content (AvgIpc) is 3.15. The van der Waals surface area contributed by atoms with Gasteiger partial charge >= 0.3 is 12.1 Å². The lowest BCUT2D eigenvalue weighted by molar-refractivity contribution is -0.201. The molecule has 3 atom stereocenters. The minimum Gasteiger partial charge on any atom is -0.489 e. The number of amides is 1. The zero-order chi connectivity index (χ0) is 27.3. The largest absolute Gasteiger partial charge is 0.493 e. The van der Waals surface area contributed by atoms with E-state index in [4.69, 9.17) is 21.1 Å². The van der Waals surface area contributed by atoms with Crippen LogP contribution in [-0.4, -0.2) is 66.0 Å². The number of nitrogens with zero attached hydrogens (tertiary/aromatic N) is 2. The van der Waals surface area contributed by atoms with Crippen molar-refractivity contribution in [3.8, 4) is 11.5 Å². The first-order chi connectivity index (χ1) is 17.3. The van der Waals surface area contributed by atoms with Gasteiger partial charge in [0.05, 0.1) is 0 Å². The van der Waals surface area contributed by atoms with E-state index in [1.54, 1.807) is 24.3 Å². The third-order valence-electron chi connectivity index (χ3n) is 5.49. The predicted octanol–water partition coefficient (Wildman–Crippen LogP) is 4.13. The molecule has 37 heavy (non-hydrogen) atoms. The summed E-state index contributed by atoms with van der Waals surface area (Å²) >= 11 is 5.89. The molecule has 1 saturated heterocycles. The molecule has 1 N–H and O–H groups in total. The minimum atomic E-state index is -5.37. The third kappa shape index (κ3) is 7.94. The van der Waals surface area contributed by atoms with E-state index in [1.807, 2.05) is 11.8 Å². The van der Waals surface area contributed by atoms with Crippen molar-refractivity contribution in [3.63, 3.8) is 0 Å². The molecule has 3 rings (SSSR count). The lowest BCUT2D eigenvalue weighted by atomic mass is 10.2. The highest BCUT2D eigenvalue weighted by molar-refractivity contribution is 6.30. The molecule has 0 unspecified atom stereocenters. The zero-order valence-electron chi connectivity index (χ0n) is 19.9. The summed E-state index contributed by atoms with van der Waals surface area (Å²) in [5, 5.41) is 11.2. The highest BCUT2D eigenvalue weighted by atomic mass is 35.5. The van der Waals surface area contributed by atoms with Gasteiger partial charge in [0.2, 0.25) is 0 Å². The Bertz CT molecular complexity index is 1100. The standard InChI is InChI=1S/C24H25ClF4N2O6/c1-14-9-20(36-19-6-3-16(25)4-7-19)12-30(14)11-18(33)13-35-22-10-17(26)5-8-21(22)31(15(2)32)37-23(34)24(27,28)29/h3-8,10,14,18,20,33H,9,11-13H2,1-2H3/t14-,18-,20-/m0/s1. The van der Waals surface area contributed by atoms with Crippen molar-refractivity contribution in [1.82, 2.24) is 4.90 Å². The Labute approximate surface area is 215 Å². The molecule has 8 nitrogen and oxygen atoms in total. The number of carbonyl (C=O) groups excluding carboxylic acids is 2. The molecule has 1 fully saturated rings. The summed E-state index contributed by atoms with van der Waals surface area (Å²) < 4.78 is 63.2. The highest BCUT2D eigenvalue weighted by Gasteiger charge is 2.43. The number of alkyl halides is 3. The number of carbonyl (C=O) groups is 2. The number of rotatable bonds is 8. The van der Waals surface area contributed by atoms with Crippen LogP contribution in [0.15, 0.2) is 42.5 Å². The molecule has 0 spiro atoms. The molecule has 0 bridgehead atoms. The fraction of sp³-hybridized carbons (Fsp3) is 0.417. The second kappa shape index (κ2) is 12.0. The van der Waals surface area contributed by atoms with Gasteiger partial charge in [-0.15, -0.1) is 5.06 Å². The molecule has 0 radical (unpaired) electrons. The SMILES string of the molecule is CC(=O)N(OC(=O)C(F)(F)F)c1ccc(F)cc1OC[C@@H](O)CN1C[C@@H](Oc2ccc(Cl)cc2)C[C@@H]1C. The average molecular weight is 549 g/mol. The van der Waals surface area contributed by atoms with Crippen LogP contribution in [0.1, 0.15) is 20.3 Å². The molecule has 2 aromatic rings. The number of aliphatic hydroxyl groups excluding tert-OH is 1. The molecule has 1 amide bonds. The predicted molar refractivity (Wildman–Crippen MR) is 125 cm³/mol. The number of halogens is 5. The summed E-state index contributed by atoms with van der Waals surface area (Å²) in [6, 6.07) is 9.57. The maximum absolute atomic E-state index is 13.8. The summed E-state index contributed by atoms with van der Waals surface area (Å²) in [7, 11) is 0. The van der Waals surface area contributed by atoms with E-state index in [2.05, 4.69) is 4.84 Å². The molecule has 1 aliphatic rings. The lowest BCUT2D eigenvalue weighted by Gasteiger charge is -2.25. The van der Waals surface area contributed by atoms with Gasteiger partial charge in [-0.2, -0.15) is 13.2 Å². The van der Waals surface area contributed by atoms with E-state index in [-0.39, 0.29) is 30.4 Å². The van der Waals surface area contributed by atoms with Gasteiger partial charge in [-0.3, -0.25) is 9.69 Å². The lowest BCUT2D eigenvalue weighted by Crippen LogP contribution is -2.39. The summed E-state index contributed by atoms with van der Waals surface area (Å²) in [5.41, 5.74) is -0.440. The second-order valence-corrected chi connectivity index (χ2v) is 8.94. The number of aliphatic hydroxyl groups is 1. The number of hydrogen-bond donors (Lipinski definition) is 1. The van der Waals surface area contributed by atoms with Gasteiger partial charge in [0.25, 0.3) is 5.91 Å². The van der Waals surface area contributed by atoms with Crippen LogP contribution in [-0.2, 0) is 14.4 Å². The molecular formula is C24H25ClF4N2O6. The van der Waals surface area contributed by atoms with Crippen molar-refractivity contribution in [2.75, 3.05) is 24.8 Å². The van der Waals surface area contributed by atoms with Crippen LogP contribution in [0.5, 0.6) is 11.5 Å². The third-order valence-corrected chi connectivity index (χ3v) is 5.74. The van der Waals surface area contributed by atoms with Crippen LogP contribution in [0.4, 0.5) is 23.2 Å². The van der Waals surface area contributed by atoms with Gasteiger partial charge in [0, 0.05) is 43.6 Å². The Morgan fingerprint density at radius 1 is 1.22 bits per heavy atom. The number of ether oxygens (including phenoxy) is 2. The number of hydrogen-bond acceptors (Lipinski definition) is 7. The highest BCUT2D eigenvalue weighted by Crippen LogP contribution is 2.31. The number of anilines is 1. The smallest absolute Gasteiger partial charge is 0.489 e. The van der Waals surface area contributed by atoms with Gasteiger partial charge in [0.1, 0.15) is 41.8 Å². The summed E-state index contributed by atoms with van der Waals surface area (Å²) in [6.45, 7) is 3.09. The minimum absolute atomic E-state index is 0.0538. The first-order valence-corrected chi connectivity index (χ1v) is 11.6. The molecule has 1 heterocycles. The van der Waals surface area contributed by atoms with Crippen LogP contribution in [0.25, 0.3) is 0 Å². The van der Waals surface area contributed by atoms with Gasteiger partial charge in [-0.25, -0.2) is 9.18 Å². The van der Waals surface area contributed by atoms with Gasteiger partial charge < -0.3 is 19.4 Å². The van der Waals surface area contributed by atoms with Crippen molar-refractivity contribution in [2.24, 2.45) is 0 Å². The van der Waals surface area contributed by atoms with Crippen LogP contribution in [0.3, 0.4) is 0 Å². The topological polar surface area (TPSA) is 88.5 Å². The van der Waals surface area contributed by atoms with Crippen molar-refractivity contribution in [1.29, 1.82) is 0 Å². The van der Waals surface area contributed by atoms with E-state index in [9.17, 15) is 32.3 Å². The number of hydroxylamine groups is 1. The molecule has 2 aromatic carbocycles. The van der Waals surface area contributed by atoms with Gasteiger partial charge in [-0.05, 0) is 43.3 Å². The monoisotopic (exact) mass is 548 g/mol. The summed E-state index contributed by atoms with van der Waals surface area (Å²) in [4.78, 5) is 29.3. The van der Waals surface area contributed by atoms with E-state index in [1.165, 1.54) is 0 Å². The molecule has 0 aliphatic carbocycles. The normalized spacial score (nSPS) is 18.8. The summed E-state index contributed by atoms with van der Waals surface area (Å²) in [6.07, 6.45) is -5.89. The second-order valence-electron chi connectivity index (χ2n) is 8.50. The van der Waals surface area contributed by atoms with Gasteiger partial charge in [-0.1, -0.05) is 11.6 Å². The number of likely N-dealkylation sites (tertiary alicyclic amines) is 1. The van der Waals surface area contributed by atoms with Crippen LogP contribution >= 0.6 is 11.6 Å². The Hall–Kier alpha value is -3.09. The quantitative estimate of drug-likeness (QED) is 0.392. The molecule has 13 heteroatoms. The van der Waals surface area contributed by atoms with Gasteiger partial charge in [0.15, 0.2) is 0 Å². The fourth-order valence-corrected chi connectivity index (χ4v) is 3.92. The van der Waals surface area contributed by atoms with E-state index in [0.717, 1.165) is 25.1 Å². The Kier molecular flexibility index (Phi) is 9.21. The van der Waals surface area contributed by atoms with E-state index in [0.29, 0.717) is 23.7 Å². The summed E-state index contributed by atoms with van der Waals surface area (Å²) in [5.74, 6) is -4.30. The van der Waals surface area contributed by atoms with Crippen molar-refractivity contribution >= 4 is 29.2 Å². The molecule has 202 valence electrons. The van der Waals surface area contributed by atoms with E-state index < -0.39 is 41.4 Å². The maximum Gasteiger partial charge on any atom is 0.493 e. The van der Waals surface area contributed by atoms with E-state index >= 15 is 0 Å². The van der Waals surface area contributed by atoms with Crippen molar-refractivity contribution in [3.05, 3.63) is 53.3 Å². The Morgan fingerprint density at radius 3 is 2.51 bits per heavy atom. The first-order valence-electron chi connectivity index (χ1n) is 11.2. The molecule has 1 aliphatic heterocycles. The van der Waals surface area contributed by atoms with Crippen LogP contribution in [0, 0.1) is 5.82 Å². The van der Waals surface area contributed by atoms with Crippen LogP contribution < -0.4 is 14.5 Å². The maximum atomic E-state index is 13.8. The van der Waals surface area contributed by atoms with Crippen molar-refractivity contribution in [2.45, 2.75) is 44.7 Å². The molecule has 0 saturated carbocycles. The zero-order valence-corrected chi connectivity index (χ0v) is 20.6. The first kappa shape index (κ1) is 28.5. The fourth-order valence-electron chi connectivity index (χ4n) is 3.79. The number of β-amino-alcohol motifs (C(OH)–C–C–N with tert-alkyl or cyclic N) is 1. The molecule has 0 aromatic heterocycles. The van der Waals surface area contributed by atoms with Crippen LogP contribution in [0.2, 0.25) is 5.02 Å². The Balaban J connectivity index is 1.62. The molecular weight excluding hydrogens is 524 g/mol. The number of benzene rings is 2. The van der Waals surface area contributed by atoms with Crippen molar-refractivity contribution < 1.29 is 46.6 Å².